The monoisotopic (exact) mass is 499 g/mol. The van der Waals surface area contributed by atoms with Crippen molar-refractivity contribution in [2.75, 3.05) is 18.4 Å². The lowest BCUT2D eigenvalue weighted by atomic mass is 10.0. The van der Waals surface area contributed by atoms with Crippen LogP contribution in [0.3, 0.4) is 0 Å². The summed E-state index contributed by atoms with van der Waals surface area (Å²) in [5, 5.41) is 20.6. The fraction of sp³-hybridized carbons (Fsp3) is 0.333. The molecule has 12 heteroatoms. The lowest BCUT2D eigenvalue weighted by Gasteiger charge is -2.20. The third kappa shape index (κ3) is 10.2. The second kappa shape index (κ2) is 14.0. The van der Waals surface area contributed by atoms with E-state index in [9.17, 15) is 29.3 Å². The highest BCUT2D eigenvalue weighted by Crippen LogP contribution is 2.16. The summed E-state index contributed by atoms with van der Waals surface area (Å²) in [7, 11) is 0. The number of hydrogen-bond acceptors (Lipinski definition) is 7. The summed E-state index contributed by atoms with van der Waals surface area (Å²) in [6.45, 7) is 3.01. The minimum atomic E-state index is -0.893. The molecule has 0 aliphatic heterocycles. The Balaban J connectivity index is 1.77. The van der Waals surface area contributed by atoms with Crippen molar-refractivity contribution in [1.82, 2.24) is 16.0 Å². The number of hydrogen-bond donors (Lipinski definition) is 4. The number of carbonyl (C=O) groups excluding carboxylic acids is 4. The normalized spacial score (nSPS) is 11.2. The van der Waals surface area contributed by atoms with Gasteiger partial charge in [-0.15, -0.1) is 0 Å². The van der Waals surface area contributed by atoms with Crippen LogP contribution in [0.5, 0.6) is 0 Å². The number of non-ortho nitro benzene ring substituents is 1. The van der Waals surface area contributed by atoms with Gasteiger partial charge in [0.2, 0.25) is 17.7 Å². The van der Waals surface area contributed by atoms with Gasteiger partial charge in [0.05, 0.1) is 11.5 Å². The van der Waals surface area contributed by atoms with Crippen LogP contribution in [0, 0.1) is 16.0 Å². The average molecular weight is 500 g/mol. The van der Waals surface area contributed by atoms with Crippen molar-refractivity contribution in [3.8, 4) is 0 Å². The topological polar surface area (TPSA) is 169 Å². The van der Waals surface area contributed by atoms with Gasteiger partial charge in [-0.05, 0) is 30.0 Å². The van der Waals surface area contributed by atoms with Crippen LogP contribution in [0.4, 0.5) is 16.2 Å². The molecule has 1 unspecified atom stereocenters. The van der Waals surface area contributed by atoms with Gasteiger partial charge in [0.25, 0.3) is 5.69 Å². The van der Waals surface area contributed by atoms with E-state index in [4.69, 9.17) is 4.74 Å². The summed E-state index contributed by atoms with van der Waals surface area (Å²) in [5.41, 5.74) is 1.02. The van der Waals surface area contributed by atoms with E-state index in [1.807, 2.05) is 19.9 Å². The molecule has 0 bridgehead atoms. The zero-order valence-corrected chi connectivity index (χ0v) is 20.0. The maximum atomic E-state index is 12.7. The SMILES string of the molecule is CC(C)CC(NC(=O)CNC(=O)CNC(=O)OCc1ccccc1)C(=O)Nc1ccc([N+](=O)[O-])cc1. The molecule has 1 atom stereocenters. The van der Waals surface area contributed by atoms with Crippen LogP contribution < -0.4 is 21.3 Å². The number of nitrogens with zero attached hydrogens (tertiary/aromatic N) is 1. The Morgan fingerprint density at radius 1 is 0.917 bits per heavy atom. The molecule has 0 aromatic heterocycles. The number of anilines is 1. The van der Waals surface area contributed by atoms with Gasteiger partial charge in [-0.2, -0.15) is 0 Å². The molecule has 0 radical (unpaired) electrons. The second-order valence-corrected chi connectivity index (χ2v) is 8.23. The van der Waals surface area contributed by atoms with E-state index in [-0.39, 0.29) is 18.2 Å². The van der Waals surface area contributed by atoms with Crippen molar-refractivity contribution < 1.29 is 28.8 Å². The average Bonchev–Trinajstić information content (AvgIpc) is 2.85. The maximum absolute atomic E-state index is 12.7. The van der Waals surface area contributed by atoms with E-state index < -0.39 is 47.9 Å². The molecule has 0 fully saturated rings. The number of benzene rings is 2. The van der Waals surface area contributed by atoms with Crippen LogP contribution in [0.1, 0.15) is 25.8 Å². The van der Waals surface area contributed by atoms with Gasteiger partial charge in [0.15, 0.2) is 0 Å². The third-order valence-electron chi connectivity index (χ3n) is 4.76. The first-order valence-corrected chi connectivity index (χ1v) is 11.2. The maximum Gasteiger partial charge on any atom is 0.407 e. The largest absolute Gasteiger partial charge is 0.445 e. The van der Waals surface area contributed by atoms with Crippen molar-refractivity contribution in [2.45, 2.75) is 32.9 Å². The molecule has 0 aliphatic rings. The molecule has 0 saturated heterocycles. The number of nitrogens with one attached hydrogen (secondary N) is 4. The summed E-state index contributed by atoms with van der Waals surface area (Å²) in [4.78, 5) is 58.9. The van der Waals surface area contributed by atoms with Crippen LogP contribution >= 0.6 is 0 Å². The number of alkyl carbamates (subject to hydrolysis) is 1. The molecule has 0 spiro atoms. The quantitative estimate of drug-likeness (QED) is 0.256. The van der Waals surface area contributed by atoms with E-state index in [1.54, 1.807) is 24.3 Å². The Bertz CT molecular complexity index is 1060. The summed E-state index contributed by atoms with van der Waals surface area (Å²) >= 11 is 0. The van der Waals surface area contributed by atoms with Crippen LogP contribution in [-0.2, 0) is 25.7 Å². The lowest BCUT2D eigenvalue weighted by Crippen LogP contribution is -2.49. The van der Waals surface area contributed by atoms with Gasteiger partial charge in [-0.3, -0.25) is 24.5 Å². The first-order valence-electron chi connectivity index (χ1n) is 11.2. The molecule has 2 rings (SSSR count). The predicted octanol–water partition coefficient (Wildman–Crippen LogP) is 2.11. The highest BCUT2D eigenvalue weighted by Gasteiger charge is 2.22. The van der Waals surface area contributed by atoms with Gasteiger partial charge in [-0.25, -0.2) is 4.79 Å². The molecule has 2 aromatic carbocycles. The van der Waals surface area contributed by atoms with E-state index in [1.165, 1.54) is 24.3 Å². The van der Waals surface area contributed by atoms with Crippen LogP contribution in [0.25, 0.3) is 0 Å². The summed E-state index contributed by atoms with van der Waals surface area (Å²) in [6.07, 6.45) is -0.453. The standard InChI is InChI=1S/C24H29N5O7/c1-16(2)12-20(23(32)27-18-8-10-19(11-9-18)29(34)35)28-22(31)14-25-21(30)13-26-24(33)36-15-17-6-4-3-5-7-17/h3-11,16,20H,12-15H2,1-2H3,(H,25,30)(H,26,33)(H,27,32)(H,28,31). The molecular weight excluding hydrogens is 470 g/mol. The minimum Gasteiger partial charge on any atom is -0.445 e. The molecule has 192 valence electrons. The van der Waals surface area contributed by atoms with Gasteiger partial charge >= 0.3 is 6.09 Å². The van der Waals surface area contributed by atoms with E-state index in [2.05, 4.69) is 21.3 Å². The summed E-state index contributed by atoms with van der Waals surface area (Å²) in [5.74, 6) is -1.64. The van der Waals surface area contributed by atoms with Crippen molar-refractivity contribution in [1.29, 1.82) is 0 Å². The highest BCUT2D eigenvalue weighted by atomic mass is 16.6. The number of nitro benzene ring substituents is 1. The molecular formula is C24H29N5O7. The Kier molecular flexibility index (Phi) is 10.8. The Morgan fingerprint density at radius 2 is 1.56 bits per heavy atom. The molecule has 4 amide bonds. The van der Waals surface area contributed by atoms with Crippen molar-refractivity contribution >= 4 is 35.2 Å². The van der Waals surface area contributed by atoms with Crippen LogP contribution in [0.15, 0.2) is 54.6 Å². The highest BCUT2D eigenvalue weighted by molar-refractivity contribution is 5.98. The van der Waals surface area contributed by atoms with Crippen LogP contribution in [0.2, 0.25) is 0 Å². The smallest absolute Gasteiger partial charge is 0.407 e. The first-order chi connectivity index (χ1) is 17.1. The molecule has 0 heterocycles. The van der Waals surface area contributed by atoms with E-state index >= 15 is 0 Å². The molecule has 0 aliphatic carbocycles. The van der Waals surface area contributed by atoms with E-state index in [0.717, 1.165) is 5.56 Å². The minimum absolute atomic E-state index is 0.0515. The molecule has 4 N–H and O–H groups in total. The predicted molar refractivity (Wildman–Crippen MR) is 131 cm³/mol. The van der Waals surface area contributed by atoms with Crippen molar-refractivity contribution in [3.05, 3.63) is 70.3 Å². The summed E-state index contributed by atoms with van der Waals surface area (Å²) in [6, 6.07) is 13.4. The molecule has 12 nitrogen and oxygen atoms in total. The van der Waals surface area contributed by atoms with Gasteiger partial charge in [-0.1, -0.05) is 44.2 Å². The van der Waals surface area contributed by atoms with Gasteiger partial charge in [0.1, 0.15) is 19.2 Å². The number of rotatable bonds is 12. The second-order valence-electron chi connectivity index (χ2n) is 8.23. The fourth-order valence-electron chi connectivity index (χ4n) is 3.01. The van der Waals surface area contributed by atoms with E-state index in [0.29, 0.717) is 12.1 Å². The molecule has 36 heavy (non-hydrogen) atoms. The molecule has 0 saturated carbocycles. The van der Waals surface area contributed by atoms with Crippen molar-refractivity contribution in [3.63, 3.8) is 0 Å². The number of carbonyl (C=O) groups is 4. The van der Waals surface area contributed by atoms with Gasteiger partial charge < -0.3 is 26.0 Å². The Hall–Kier alpha value is -4.48. The molecule has 2 aromatic rings. The summed E-state index contributed by atoms with van der Waals surface area (Å²) < 4.78 is 5.00. The fourth-order valence-corrected chi connectivity index (χ4v) is 3.01. The zero-order chi connectivity index (χ0) is 26.5. The first kappa shape index (κ1) is 27.8. The number of ether oxygens (including phenoxy) is 1. The number of amides is 4. The zero-order valence-electron chi connectivity index (χ0n) is 20.0. The van der Waals surface area contributed by atoms with Gasteiger partial charge in [0, 0.05) is 17.8 Å². The van der Waals surface area contributed by atoms with Crippen molar-refractivity contribution in [2.24, 2.45) is 5.92 Å². The third-order valence-corrected chi connectivity index (χ3v) is 4.76. The van der Waals surface area contributed by atoms with Crippen LogP contribution in [-0.4, -0.2) is 47.9 Å². The Labute approximate surface area is 207 Å². The Morgan fingerprint density at radius 3 is 2.17 bits per heavy atom. The lowest BCUT2D eigenvalue weighted by molar-refractivity contribution is -0.384. The number of nitro groups is 1.